The average molecular weight is 244 g/mol. The largest absolute Gasteiger partial charge is 0.325 e. The predicted molar refractivity (Wildman–Crippen MR) is 62.1 cm³/mol. The predicted octanol–water partition coefficient (Wildman–Crippen LogP) is 0.784. The van der Waals surface area contributed by atoms with Crippen molar-refractivity contribution in [2.75, 3.05) is 0 Å². The molecule has 2 rings (SSSR count). The zero-order valence-corrected chi connectivity index (χ0v) is 10.1. The summed E-state index contributed by atoms with van der Waals surface area (Å²) in [5, 5.41) is 11.3. The molecular formula is C12H12N4O2. The lowest BCUT2D eigenvalue weighted by Crippen LogP contribution is -2.40. The molecule has 0 spiro atoms. The Hall–Kier alpha value is -2.42. The van der Waals surface area contributed by atoms with Gasteiger partial charge in [0.05, 0.1) is 6.54 Å². The SMILES string of the molecule is CC1(C)NC(=O)N(Cc2ccnc(C#N)c2)C1=O. The van der Waals surface area contributed by atoms with Gasteiger partial charge in [-0.2, -0.15) is 5.26 Å². The number of aromatic nitrogens is 1. The first-order valence-corrected chi connectivity index (χ1v) is 5.43. The quantitative estimate of drug-likeness (QED) is 0.779. The first kappa shape index (κ1) is 12.0. The lowest BCUT2D eigenvalue weighted by molar-refractivity contribution is -0.130. The van der Waals surface area contributed by atoms with Crippen molar-refractivity contribution in [3.8, 4) is 6.07 Å². The van der Waals surface area contributed by atoms with Gasteiger partial charge in [0.2, 0.25) is 0 Å². The molecule has 2 heterocycles. The summed E-state index contributed by atoms with van der Waals surface area (Å²) in [5.41, 5.74) is 0.0869. The summed E-state index contributed by atoms with van der Waals surface area (Å²) in [6.45, 7) is 3.45. The highest BCUT2D eigenvalue weighted by atomic mass is 16.2. The Kier molecular flexibility index (Phi) is 2.75. The van der Waals surface area contributed by atoms with Gasteiger partial charge in [0.15, 0.2) is 0 Å². The number of urea groups is 1. The zero-order valence-electron chi connectivity index (χ0n) is 10.1. The van der Waals surface area contributed by atoms with Crippen LogP contribution in [0.25, 0.3) is 0 Å². The minimum Gasteiger partial charge on any atom is -0.324 e. The molecule has 0 bridgehead atoms. The summed E-state index contributed by atoms with van der Waals surface area (Å²) in [5.74, 6) is -0.275. The topological polar surface area (TPSA) is 86.1 Å². The Morgan fingerprint density at radius 1 is 1.50 bits per heavy atom. The number of carbonyl (C=O) groups is 2. The molecule has 92 valence electrons. The Bertz CT molecular complexity index is 559. The second-order valence-electron chi connectivity index (χ2n) is 4.61. The van der Waals surface area contributed by atoms with Crippen LogP contribution in [0, 0.1) is 11.3 Å². The number of amides is 3. The fourth-order valence-corrected chi connectivity index (χ4v) is 1.78. The highest BCUT2D eigenvalue weighted by Gasteiger charge is 2.44. The molecule has 6 nitrogen and oxygen atoms in total. The van der Waals surface area contributed by atoms with Crippen LogP contribution in [0.5, 0.6) is 0 Å². The number of hydrogen-bond donors (Lipinski definition) is 1. The Morgan fingerprint density at radius 2 is 2.22 bits per heavy atom. The van der Waals surface area contributed by atoms with E-state index in [4.69, 9.17) is 5.26 Å². The summed E-state index contributed by atoms with van der Waals surface area (Å²) in [6.07, 6.45) is 1.48. The van der Waals surface area contributed by atoms with Gasteiger partial charge in [-0.3, -0.25) is 9.69 Å². The molecule has 18 heavy (non-hydrogen) atoms. The van der Waals surface area contributed by atoms with Gasteiger partial charge in [-0.15, -0.1) is 0 Å². The number of nitrogens with one attached hydrogen (secondary N) is 1. The molecular weight excluding hydrogens is 232 g/mol. The molecule has 1 saturated heterocycles. The third-order valence-corrected chi connectivity index (χ3v) is 2.72. The van der Waals surface area contributed by atoms with Gasteiger partial charge < -0.3 is 5.32 Å². The third kappa shape index (κ3) is 2.02. The van der Waals surface area contributed by atoms with Crippen molar-refractivity contribution in [1.82, 2.24) is 15.2 Å². The molecule has 0 unspecified atom stereocenters. The molecule has 1 aliphatic heterocycles. The monoisotopic (exact) mass is 244 g/mol. The molecule has 1 N–H and O–H groups in total. The number of pyridine rings is 1. The van der Waals surface area contributed by atoms with Crippen molar-refractivity contribution >= 4 is 11.9 Å². The van der Waals surface area contributed by atoms with Crippen LogP contribution in [0.1, 0.15) is 25.1 Å². The molecule has 0 atom stereocenters. The van der Waals surface area contributed by atoms with Crippen molar-refractivity contribution in [1.29, 1.82) is 5.26 Å². The lowest BCUT2D eigenvalue weighted by Gasteiger charge is -2.15. The van der Waals surface area contributed by atoms with Crippen molar-refractivity contribution in [3.63, 3.8) is 0 Å². The fourth-order valence-electron chi connectivity index (χ4n) is 1.78. The van der Waals surface area contributed by atoms with Gasteiger partial charge in [-0.1, -0.05) is 0 Å². The van der Waals surface area contributed by atoms with E-state index >= 15 is 0 Å². The zero-order chi connectivity index (χ0) is 13.3. The Morgan fingerprint density at radius 3 is 2.78 bits per heavy atom. The fraction of sp³-hybridized carbons (Fsp3) is 0.333. The molecule has 6 heteroatoms. The Labute approximate surface area is 104 Å². The molecule has 0 aromatic carbocycles. The van der Waals surface area contributed by atoms with Gasteiger partial charge in [0, 0.05) is 6.20 Å². The van der Waals surface area contributed by atoms with Gasteiger partial charge in [0.1, 0.15) is 17.3 Å². The summed E-state index contributed by atoms with van der Waals surface area (Å²) >= 11 is 0. The van der Waals surface area contributed by atoms with E-state index in [2.05, 4.69) is 10.3 Å². The van der Waals surface area contributed by atoms with Crippen LogP contribution in [0.2, 0.25) is 0 Å². The van der Waals surface area contributed by atoms with Crippen LogP contribution in [0.4, 0.5) is 4.79 Å². The van der Waals surface area contributed by atoms with E-state index in [1.54, 1.807) is 26.0 Å². The molecule has 0 aliphatic carbocycles. The first-order chi connectivity index (χ1) is 8.44. The van der Waals surface area contributed by atoms with E-state index in [9.17, 15) is 9.59 Å². The van der Waals surface area contributed by atoms with Crippen LogP contribution in [-0.4, -0.2) is 27.4 Å². The number of imide groups is 1. The highest BCUT2D eigenvalue weighted by molar-refractivity contribution is 6.06. The maximum atomic E-state index is 12.0. The number of nitriles is 1. The number of nitrogens with zero attached hydrogens (tertiary/aromatic N) is 3. The van der Waals surface area contributed by atoms with Crippen LogP contribution < -0.4 is 5.32 Å². The van der Waals surface area contributed by atoms with Crippen molar-refractivity contribution in [2.45, 2.75) is 25.9 Å². The van der Waals surface area contributed by atoms with Gasteiger partial charge in [-0.25, -0.2) is 9.78 Å². The maximum Gasteiger partial charge on any atom is 0.325 e. The Balaban J connectivity index is 2.22. The molecule has 1 fully saturated rings. The van der Waals surface area contributed by atoms with Crippen molar-refractivity contribution in [3.05, 3.63) is 29.6 Å². The van der Waals surface area contributed by atoms with E-state index in [-0.39, 0.29) is 18.1 Å². The number of rotatable bonds is 2. The molecule has 3 amide bonds. The van der Waals surface area contributed by atoms with E-state index in [1.807, 2.05) is 6.07 Å². The lowest BCUT2D eigenvalue weighted by atomic mass is 10.1. The van der Waals surface area contributed by atoms with E-state index in [0.29, 0.717) is 5.56 Å². The van der Waals surface area contributed by atoms with Gasteiger partial charge >= 0.3 is 6.03 Å². The van der Waals surface area contributed by atoms with Crippen LogP contribution in [0.3, 0.4) is 0 Å². The van der Waals surface area contributed by atoms with E-state index in [1.165, 1.54) is 6.20 Å². The van der Waals surface area contributed by atoms with Crippen molar-refractivity contribution in [2.24, 2.45) is 0 Å². The molecule has 1 aliphatic rings. The smallest absolute Gasteiger partial charge is 0.324 e. The van der Waals surface area contributed by atoms with Crippen LogP contribution in [-0.2, 0) is 11.3 Å². The second-order valence-corrected chi connectivity index (χ2v) is 4.61. The molecule has 0 saturated carbocycles. The molecule has 1 aromatic heterocycles. The van der Waals surface area contributed by atoms with Crippen LogP contribution in [0.15, 0.2) is 18.3 Å². The normalized spacial score (nSPS) is 17.5. The first-order valence-electron chi connectivity index (χ1n) is 5.43. The summed E-state index contributed by atoms with van der Waals surface area (Å²) in [6, 6.07) is 4.73. The summed E-state index contributed by atoms with van der Waals surface area (Å²) < 4.78 is 0. The third-order valence-electron chi connectivity index (χ3n) is 2.72. The van der Waals surface area contributed by atoms with Crippen molar-refractivity contribution < 1.29 is 9.59 Å². The standard InChI is InChI=1S/C12H12N4O2/c1-12(2)10(17)16(11(18)15-12)7-8-3-4-14-9(5-8)6-13/h3-5H,7H2,1-2H3,(H,15,18). The van der Waals surface area contributed by atoms with E-state index < -0.39 is 11.6 Å². The highest BCUT2D eigenvalue weighted by Crippen LogP contribution is 2.19. The number of hydrogen-bond acceptors (Lipinski definition) is 4. The van der Waals surface area contributed by atoms with E-state index in [0.717, 1.165) is 4.90 Å². The minimum absolute atomic E-state index is 0.144. The molecule has 0 radical (unpaired) electrons. The van der Waals surface area contributed by atoms with Crippen LogP contribution >= 0.6 is 0 Å². The number of carbonyl (C=O) groups excluding carboxylic acids is 2. The average Bonchev–Trinajstić information content (AvgIpc) is 2.52. The summed E-state index contributed by atoms with van der Waals surface area (Å²) in [4.78, 5) is 28.6. The minimum atomic E-state index is -0.873. The maximum absolute atomic E-state index is 12.0. The van der Waals surface area contributed by atoms with Gasteiger partial charge in [0.25, 0.3) is 5.91 Å². The summed E-state index contributed by atoms with van der Waals surface area (Å²) in [7, 11) is 0. The second kappa shape index (κ2) is 4.11. The van der Waals surface area contributed by atoms with Gasteiger partial charge in [-0.05, 0) is 31.5 Å². The molecule has 1 aromatic rings.